The number of alkyl halides is 1. The molecule has 0 bridgehead atoms. The predicted molar refractivity (Wildman–Crippen MR) is 49.2 cm³/mol. The maximum absolute atomic E-state index is 11.9. The molecule has 14 heavy (non-hydrogen) atoms. The Balaban J connectivity index is 2.14. The Morgan fingerprint density at radius 1 is 1.43 bits per heavy atom. The first-order chi connectivity index (χ1) is 6.69. The molecule has 1 aliphatic heterocycles. The molecule has 78 valence electrons. The topological polar surface area (TPSA) is 52.5 Å². The Kier molecular flexibility index (Phi) is 2.48. The lowest BCUT2D eigenvalue weighted by molar-refractivity contribution is -0.0393. The molecule has 3 N–H and O–H groups in total. The van der Waals surface area contributed by atoms with Crippen LogP contribution in [0.25, 0.3) is 0 Å². The second-order valence-electron chi connectivity index (χ2n) is 4.03. The summed E-state index contributed by atoms with van der Waals surface area (Å²) in [5.41, 5.74) is -0.152. The Labute approximate surface area is 82.3 Å². The molecule has 0 amide bonds. The van der Waals surface area contributed by atoms with Gasteiger partial charge in [0.05, 0.1) is 18.1 Å². The monoisotopic (exact) mass is 199 g/mol. The van der Waals surface area contributed by atoms with Crippen LogP contribution in [-0.2, 0) is 0 Å². The average Bonchev–Trinajstić information content (AvgIpc) is 2.94. The molecule has 0 aromatic carbocycles. The van der Waals surface area contributed by atoms with Crippen molar-refractivity contribution in [2.24, 2.45) is 5.92 Å². The van der Waals surface area contributed by atoms with E-state index in [-0.39, 0.29) is 11.5 Å². The fraction of sp³-hybridized carbons (Fsp3) is 0.800. The highest BCUT2D eigenvalue weighted by Gasteiger charge is 2.55. The lowest BCUT2D eigenvalue weighted by atomic mass is 9.85. The van der Waals surface area contributed by atoms with Crippen molar-refractivity contribution in [1.82, 2.24) is 5.32 Å². The molecule has 1 heterocycles. The summed E-state index contributed by atoms with van der Waals surface area (Å²) < 4.78 is 11.9. The van der Waals surface area contributed by atoms with Gasteiger partial charge in [0.15, 0.2) is 0 Å². The highest BCUT2D eigenvalue weighted by Crippen LogP contribution is 2.46. The fourth-order valence-corrected chi connectivity index (χ4v) is 2.08. The molecule has 1 saturated carbocycles. The Morgan fingerprint density at radius 3 is 2.71 bits per heavy atom. The van der Waals surface area contributed by atoms with E-state index in [1.165, 1.54) is 0 Å². The zero-order valence-electron chi connectivity index (χ0n) is 7.83. The first-order valence-corrected chi connectivity index (χ1v) is 4.85. The molecule has 0 aromatic heterocycles. The van der Waals surface area contributed by atoms with Crippen molar-refractivity contribution in [1.29, 1.82) is 0 Å². The second kappa shape index (κ2) is 3.50. The highest BCUT2D eigenvalue weighted by atomic mass is 19.1. The zero-order valence-corrected chi connectivity index (χ0v) is 7.83. The van der Waals surface area contributed by atoms with Crippen LogP contribution >= 0.6 is 0 Å². The number of aliphatic hydroxyl groups is 2. The molecule has 3 atom stereocenters. The smallest absolute Gasteiger partial charge is 0.150 e. The van der Waals surface area contributed by atoms with Crippen molar-refractivity contribution in [2.75, 3.05) is 13.2 Å². The van der Waals surface area contributed by atoms with Crippen molar-refractivity contribution in [3.8, 4) is 11.8 Å². The van der Waals surface area contributed by atoms with Gasteiger partial charge in [0.1, 0.15) is 6.67 Å². The van der Waals surface area contributed by atoms with Gasteiger partial charge in [-0.3, -0.25) is 0 Å². The third-order valence-electron chi connectivity index (χ3n) is 3.11. The SMILES string of the molecule is OC1CNC2(CC2)C(C#CCF)C1O. The van der Waals surface area contributed by atoms with Crippen molar-refractivity contribution in [3.63, 3.8) is 0 Å². The number of nitrogens with one attached hydrogen (secondary N) is 1. The molecule has 1 spiro atoms. The summed E-state index contributed by atoms with van der Waals surface area (Å²) in [6.45, 7) is -0.301. The van der Waals surface area contributed by atoms with E-state index in [0.717, 1.165) is 12.8 Å². The third kappa shape index (κ3) is 1.52. The molecule has 2 rings (SSSR count). The number of hydrogen-bond acceptors (Lipinski definition) is 3. The maximum atomic E-state index is 11.9. The lowest BCUT2D eigenvalue weighted by Gasteiger charge is -2.37. The molecular weight excluding hydrogens is 185 g/mol. The van der Waals surface area contributed by atoms with Crippen LogP contribution in [0, 0.1) is 17.8 Å². The second-order valence-corrected chi connectivity index (χ2v) is 4.03. The number of β-amino-alcohol motifs (C(OH)–C–C–N with tert-alkyl or cyclic N) is 1. The van der Waals surface area contributed by atoms with Crippen molar-refractivity contribution in [3.05, 3.63) is 0 Å². The number of rotatable bonds is 0. The third-order valence-corrected chi connectivity index (χ3v) is 3.11. The summed E-state index contributed by atoms with van der Waals surface area (Å²) >= 11 is 0. The van der Waals surface area contributed by atoms with Crippen LogP contribution in [0.1, 0.15) is 12.8 Å². The van der Waals surface area contributed by atoms with Crippen molar-refractivity contribution < 1.29 is 14.6 Å². The minimum atomic E-state index is -0.849. The molecule has 3 unspecified atom stereocenters. The molecule has 4 heteroatoms. The van der Waals surface area contributed by atoms with Gasteiger partial charge in [-0.25, -0.2) is 4.39 Å². The van der Waals surface area contributed by atoms with Crippen LogP contribution in [0.15, 0.2) is 0 Å². The van der Waals surface area contributed by atoms with Gasteiger partial charge in [-0.2, -0.15) is 0 Å². The highest BCUT2D eigenvalue weighted by molar-refractivity contribution is 5.23. The quantitative estimate of drug-likeness (QED) is 0.458. The van der Waals surface area contributed by atoms with Gasteiger partial charge in [0, 0.05) is 12.1 Å². The fourth-order valence-electron chi connectivity index (χ4n) is 2.08. The molecule has 1 saturated heterocycles. The van der Waals surface area contributed by atoms with E-state index in [0.29, 0.717) is 6.54 Å². The molecule has 3 nitrogen and oxygen atoms in total. The van der Waals surface area contributed by atoms with E-state index in [1.54, 1.807) is 0 Å². The first kappa shape index (κ1) is 9.91. The Hall–Kier alpha value is -0.630. The van der Waals surface area contributed by atoms with Gasteiger partial charge in [0.2, 0.25) is 0 Å². The summed E-state index contributed by atoms with van der Waals surface area (Å²) in [6, 6.07) is 0. The van der Waals surface area contributed by atoms with Crippen LogP contribution in [-0.4, -0.2) is 41.2 Å². The Morgan fingerprint density at radius 2 is 2.14 bits per heavy atom. The van der Waals surface area contributed by atoms with Crippen molar-refractivity contribution in [2.45, 2.75) is 30.6 Å². The first-order valence-electron chi connectivity index (χ1n) is 4.85. The summed E-state index contributed by atoms with van der Waals surface area (Å²) in [7, 11) is 0. The van der Waals surface area contributed by atoms with E-state index in [4.69, 9.17) is 0 Å². The van der Waals surface area contributed by atoms with Gasteiger partial charge >= 0.3 is 0 Å². The largest absolute Gasteiger partial charge is 0.389 e. The number of piperidine rings is 1. The van der Waals surface area contributed by atoms with Crippen LogP contribution in [0.2, 0.25) is 0 Å². The molecular formula is C10H14FNO2. The summed E-state index contributed by atoms with van der Waals surface area (Å²) in [6.07, 6.45) is 0.253. The molecule has 0 radical (unpaired) electrons. The van der Waals surface area contributed by atoms with Gasteiger partial charge < -0.3 is 15.5 Å². The van der Waals surface area contributed by atoms with E-state index >= 15 is 0 Å². The van der Waals surface area contributed by atoms with E-state index in [9.17, 15) is 14.6 Å². The van der Waals surface area contributed by atoms with Gasteiger partial charge in [-0.15, -0.1) is 0 Å². The van der Waals surface area contributed by atoms with Crippen LogP contribution < -0.4 is 5.32 Å². The molecule has 2 fully saturated rings. The molecule has 2 aliphatic rings. The van der Waals surface area contributed by atoms with E-state index in [2.05, 4.69) is 17.2 Å². The van der Waals surface area contributed by atoms with Crippen molar-refractivity contribution >= 4 is 0 Å². The van der Waals surface area contributed by atoms with Gasteiger partial charge in [0.25, 0.3) is 0 Å². The van der Waals surface area contributed by atoms with Crippen LogP contribution in [0.5, 0.6) is 0 Å². The van der Waals surface area contributed by atoms with E-state index < -0.39 is 18.9 Å². The van der Waals surface area contributed by atoms with Crippen LogP contribution in [0.3, 0.4) is 0 Å². The summed E-state index contributed by atoms with van der Waals surface area (Å²) in [5.74, 6) is 4.71. The number of aliphatic hydroxyl groups excluding tert-OH is 2. The minimum absolute atomic E-state index is 0.152. The van der Waals surface area contributed by atoms with Gasteiger partial charge in [-0.1, -0.05) is 11.8 Å². The van der Waals surface area contributed by atoms with Gasteiger partial charge in [-0.05, 0) is 12.8 Å². The Bertz CT molecular complexity index is 280. The summed E-state index contributed by atoms with van der Waals surface area (Å²) in [5, 5.41) is 22.3. The minimum Gasteiger partial charge on any atom is -0.389 e. The normalized spacial score (nSPS) is 38.9. The van der Waals surface area contributed by atoms with E-state index in [1.807, 2.05) is 0 Å². The standard InChI is InChI=1S/C10H14FNO2/c11-5-1-2-7-9(14)8(13)6-12-10(7)3-4-10/h7-9,12-14H,3-6H2. The zero-order chi connectivity index (χ0) is 10.2. The van der Waals surface area contributed by atoms with Crippen LogP contribution in [0.4, 0.5) is 4.39 Å². The number of halogens is 1. The summed E-state index contributed by atoms with van der Waals surface area (Å²) in [4.78, 5) is 0. The lowest BCUT2D eigenvalue weighted by Crippen LogP contribution is -2.57. The average molecular weight is 199 g/mol. The molecule has 0 aromatic rings. The number of hydrogen-bond donors (Lipinski definition) is 3. The molecule has 1 aliphatic carbocycles. The predicted octanol–water partition coefficient (Wildman–Crippen LogP) is -0.567. The maximum Gasteiger partial charge on any atom is 0.150 e.